The zero-order valence-corrected chi connectivity index (χ0v) is 13.4. The fraction of sp³-hybridized carbons (Fsp3) is 0.214. The second kappa shape index (κ2) is 7.65. The average Bonchev–Trinajstić information content (AvgIpc) is 2.59. The van der Waals surface area contributed by atoms with Gasteiger partial charge >= 0.3 is 12.0 Å². The number of methoxy groups -OCH3 is 2. The van der Waals surface area contributed by atoms with Crippen molar-refractivity contribution < 1.29 is 17.9 Å². The Morgan fingerprint density at radius 1 is 1.04 bits per heavy atom. The maximum absolute atomic E-state index is 12.0. The molecular formula is C14H16N4O4S. The molecule has 2 rings (SSSR count). The molecule has 0 radical (unpaired) electrons. The van der Waals surface area contributed by atoms with E-state index >= 15 is 0 Å². The molecule has 0 amide bonds. The lowest BCUT2D eigenvalue weighted by Gasteiger charge is -2.05. The van der Waals surface area contributed by atoms with Crippen molar-refractivity contribution in [3.05, 3.63) is 47.1 Å². The second-order valence-corrected chi connectivity index (χ2v) is 5.96. The lowest BCUT2D eigenvalue weighted by atomic mass is 10.2. The molecule has 0 fully saturated rings. The Morgan fingerprint density at radius 3 is 2.22 bits per heavy atom. The number of benzene rings is 1. The maximum atomic E-state index is 12.0. The van der Waals surface area contributed by atoms with Gasteiger partial charge in [0.1, 0.15) is 0 Å². The molecule has 0 bridgehead atoms. The summed E-state index contributed by atoms with van der Waals surface area (Å²) in [7, 11) is -0.841. The van der Waals surface area contributed by atoms with Gasteiger partial charge in [-0.25, -0.2) is 13.1 Å². The largest absolute Gasteiger partial charge is 0.467 e. The van der Waals surface area contributed by atoms with Crippen molar-refractivity contribution in [1.82, 2.24) is 19.7 Å². The van der Waals surface area contributed by atoms with E-state index in [1.165, 1.54) is 20.3 Å². The van der Waals surface area contributed by atoms with Gasteiger partial charge in [0.05, 0.1) is 20.8 Å². The van der Waals surface area contributed by atoms with Crippen LogP contribution in [0.5, 0.6) is 12.0 Å². The van der Waals surface area contributed by atoms with E-state index in [0.717, 1.165) is 11.0 Å². The first-order chi connectivity index (χ1) is 11.0. The average molecular weight is 336 g/mol. The molecule has 0 aliphatic carbocycles. The predicted octanol–water partition coefficient (Wildman–Crippen LogP) is 0.979. The van der Waals surface area contributed by atoms with Gasteiger partial charge < -0.3 is 9.47 Å². The summed E-state index contributed by atoms with van der Waals surface area (Å²) in [6, 6.07) is 9.19. The minimum atomic E-state index is -3.63. The van der Waals surface area contributed by atoms with E-state index < -0.39 is 10.0 Å². The third kappa shape index (κ3) is 5.31. The molecule has 23 heavy (non-hydrogen) atoms. The highest BCUT2D eigenvalue weighted by Crippen LogP contribution is 2.09. The summed E-state index contributed by atoms with van der Waals surface area (Å²) in [5, 5.41) is 1.08. The van der Waals surface area contributed by atoms with E-state index in [4.69, 9.17) is 9.47 Å². The molecular weight excluding hydrogens is 320 g/mol. The highest BCUT2D eigenvalue weighted by molar-refractivity contribution is 7.92. The Morgan fingerprint density at radius 2 is 1.65 bits per heavy atom. The van der Waals surface area contributed by atoms with Gasteiger partial charge in [-0.3, -0.25) is 0 Å². The molecule has 2 aromatic rings. The van der Waals surface area contributed by atoms with Gasteiger partial charge in [-0.15, -0.1) is 4.98 Å². The van der Waals surface area contributed by atoms with Gasteiger partial charge in [0, 0.05) is 5.41 Å². The molecule has 1 N–H and O–H groups in total. The van der Waals surface area contributed by atoms with Crippen molar-refractivity contribution >= 4 is 16.1 Å². The molecule has 9 heteroatoms. The van der Waals surface area contributed by atoms with E-state index in [-0.39, 0.29) is 24.4 Å². The van der Waals surface area contributed by atoms with Gasteiger partial charge in [-0.2, -0.15) is 9.97 Å². The summed E-state index contributed by atoms with van der Waals surface area (Å²) in [6.07, 6.45) is 1.50. The standard InChI is InChI=1S/C14H16N4O4S/c1-21-13-16-12(17-14(18-13)22-2)10-15-23(19,20)9-8-11-6-4-3-5-7-11/h3-9,15H,10H2,1-2H3/b9-8+. The summed E-state index contributed by atoms with van der Waals surface area (Å²) in [5.41, 5.74) is 0.779. The van der Waals surface area contributed by atoms with Crippen LogP contribution in [0.4, 0.5) is 0 Å². The molecule has 122 valence electrons. The highest BCUT2D eigenvalue weighted by Gasteiger charge is 2.10. The third-order valence-electron chi connectivity index (χ3n) is 2.68. The van der Waals surface area contributed by atoms with E-state index in [0.29, 0.717) is 0 Å². The first-order valence-corrected chi connectivity index (χ1v) is 8.13. The number of nitrogens with zero attached hydrogens (tertiary/aromatic N) is 3. The molecule has 0 atom stereocenters. The lowest BCUT2D eigenvalue weighted by molar-refractivity contribution is 0.336. The van der Waals surface area contributed by atoms with Crippen molar-refractivity contribution in [3.63, 3.8) is 0 Å². The second-order valence-electron chi connectivity index (χ2n) is 4.30. The maximum Gasteiger partial charge on any atom is 0.322 e. The normalized spacial score (nSPS) is 11.6. The summed E-state index contributed by atoms with van der Waals surface area (Å²) in [5.74, 6) is 0.186. The third-order valence-corrected chi connectivity index (χ3v) is 3.72. The van der Waals surface area contributed by atoms with Crippen LogP contribution in [0.1, 0.15) is 11.4 Å². The van der Waals surface area contributed by atoms with E-state index in [2.05, 4.69) is 19.7 Å². The van der Waals surface area contributed by atoms with Crippen LogP contribution in [0.15, 0.2) is 35.7 Å². The van der Waals surface area contributed by atoms with Gasteiger partial charge in [0.2, 0.25) is 10.0 Å². The van der Waals surface area contributed by atoms with Gasteiger partial charge in [-0.05, 0) is 11.6 Å². The first-order valence-electron chi connectivity index (χ1n) is 6.58. The Kier molecular flexibility index (Phi) is 5.61. The van der Waals surface area contributed by atoms with Crippen LogP contribution in [0.25, 0.3) is 6.08 Å². The summed E-state index contributed by atoms with van der Waals surface area (Å²) < 4.78 is 36.1. The molecule has 0 spiro atoms. The molecule has 1 heterocycles. The van der Waals surface area contributed by atoms with Crippen molar-refractivity contribution in [3.8, 4) is 12.0 Å². The van der Waals surface area contributed by atoms with E-state index in [1.807, 2.05) is 18.2 Å². The summed E-state index contributed by atoms with van der Waals surface area (Å²) >= 11 is 0. The number of sulfonamides is 1. The van der Waals surface area contributed by atoms with Crippen LogP contribution in [-0.2, 0) is 16.6 Å². The number of hydrogen-bond donors (Lipinski definition) is 1. The monoisotopic (exact) mass is 336 g/mol. The number of nitrogens with one attached hydrogen (secondary N) is 1. The predicted molar refractivity (Wildman–Crippen MR) is 84.2 cm³/mol. The molecule has 1 aromatic heterocycles. The number of aromatic nitrogens is 3. The van der Waals surface area contributed by atoms with Gasteiger partial charge in [0.25, 0.3) is 0 Å². The van der Waals surface area contributed by atoms with E-state index in [9.17, 15) is 8.42 Å². The Hall–Kier alpha value is -2.52. The fourth-order valence-electron chi connectivity index (χ4n) is 1.58. The quantitative estimate of drug-likeness (QED) is 0.804. The van der Waals surface area contributed by atoms with Gasteiger partial charge in [-0.1, -0.05) is 30.3 Å². The van der Waals surface area contributed by atoms with Crippen LogP contribution < -0.4 is 14.2 Å². The minimum Gasteiger partial charge on any atom is -0.467 e. The zero-order valence-electron chi connectivity index (χ0n) is 12.6. The number of rotatable bonds is 7. The van der Waals surface area contributed by atoms with Crippen molar-refractivity contribution in [2.45, 2.75) is 6.54 Å². The first kappa shape index (κ1) is 16.8. The number of hydrogen-bond acceptors (Lipinski definition) is 7. The van der Waals surface area contributed by atoms with Crippen LogP contribution in [-0.4, -0.2) is 37.6 Å². The Labute approximate surface area is 134 Å². The molecule has 0 aliphatic heterocycles. The van der Waals surface area contributed by atoms with Crippen molar-refractivity contribution in [2.75, 3.05) is 14.2 Å². The molecule has 0 unspecified atom stereocenters. The van der Waals surface area contributed by atoms with Crippen LogP contribution in [0, 0.1) is 0 Å². The van der Waals surface area contributed by atoms with Crippen molar-refractivity contribution in [1.29, 1.82) is 0 Å². The van der Waals surface area contributed by atoms with Crippen molar-refractivity contribution in [2.24, 2.45) is 0 Å². The SMILES string of the molecule is COc1nc(CNS(=O)(=O)/C=C/c2ccccc2)nc(OC)n1. The molecule has 0 saturated carbocycles. The smallest absolute Gasteiger partial charge is 0.322 e. The summed E-state index contributed by atoms with van der Waals surface area (Å²) in [6.45, 7) is -0.114. The highest BCUT2D eigenvalue weighted by atomic mass is 32.2. The van der Waals surface area contributed by atoms with E-state index in [1.54, 1.807) is 12.1 Å². The topological polar surface area (TPSA) is 103 Å². The van der Waals surface area contributed by atoms with Crippen LogP contribution >= 0.6 is 0 Å². The van der Waals surface area contributed by atoms with Gasteiger partial charge in [0.15, 0.2) is 5.82 Å². The fourth-order valence-corrected chi connectivity index (χ4v) is 2.35. The zero-order chi connectivity index (χ0) is 16.7. The van der Waals surface area contributed by atoms with Crippen LogP contribution in [0.3, 0.4) is 0 Å². The Balaban J connectivity index is 2.06. The number of ether oxygens (including phenoxy) is 2. The molecule has 0 saturated heterocycles. The minimum absolute atomic E-state index is 0.0471. The van der Waals surface area contributed by atoms with Crippen LogP contribution in [0.2, 0.25) is 0 Å². The molecule has 8 nitrogen and oxygen atoms in total. The lowest BCUT2D eigenvalue weighted by Crippen LogP contribution is -2.22. The molecule has 0 aliphatic rings. The summed E-state index contributed by atoms with van der Waals surface area (Å²) in [4.78, 5) is 11.7. The Bertz CT molecular complexity index is 756. The molecule has 1 aromatic carbocycles.